The average Bonchev–Trinajstić information content (AvgIpc) is 3.53. The number of hydrogen-bond donors (Lipinski definition) is 6. The van der Waals surface area contributed by atoms with E-state index in [4.69, 9.17) is 9.47 Å². The fourth-order valence-electron chi connectivity index (χ4n) is 10.3. The van der Waals surface area contributed by atoms with Gasteiger partial charge >= 0.3 is 0 Å². The molecule has 9 heteroatoms. The van der Waals surface area contributed by atoms with Crippen LogP contribution in [0.1, 0.15) is 290 Å². The van der Waals surface area contributed by atoms with Gasteiger partial charge in [-0.1, -0.05) is 309 Å². The summed E-state index contributed by atoms with van der Waals surface area (Å²) in [7, 11) is 0. The lowest BCUT2D eigenvalue weighted by atomic mass is 9.99. The van der Waals surface area contributed by atoms with Crippen LogP contribution in [0.15, 0.2) is 109 Å². The van der Waals surface area contributed by atoms with E-state index in [0.717, 1.165) is 83.5 Å². The van der Waals surface area contributed by atoms with Crippen molar-refractivity contribution >= 4 is 5.91 Å². The number of allylic oxidation sites excluding steroid dienone is 17. The zero-order valence-corrected chi connectivity index (χ0v) is 52.7. The molecule has 0 radical (unpaired) electrons. The summed E-state index contributed by atoms with van der Waals surface area (Å²) < 4.78 is 11.3. The number of hydrogen-bond acceptors (Lipinski definition) is 8. The first-order valence-electron chi connectivity index (χ1n) is 34.1. The zero-order chi connectivity index (χ0) is 59.3. The summed E-state index contributed by atoms with van der Waals surface area (Å²) in [5, 5.41) is 54.7. The Morgan fingerprint density at radius 2 is 0.756 bits per heavy atom. The lowest BCUT2D eigenvalue weighted by molar-refractivity contribution is -0.302. The molecule has 7 unspecified atom stereocenters. The van der Waals surface area contributed by atoms with E-state index in [1.54, 1.807) is 6.08 Å². The van der Waals surface area contributed by atoms with E-state index in [1.165, 1.54) is 180 Å². The molecule has 472 valence electrons. The lowest BCUT2D eigenvalue weighted by Gasteiger charge is -2.40. The quantitative estimate of drug-likeness (QED) is 0.0261. The van der Waals surface area contributed by atoms with Crippen molar-refractivity contribution in [3.63, 3.8) is 0 Å². The van der Waals surface area contributed by atoms with Gasteiger partial charge in [0.05, 0.1) is 25.4 Å². The second-order valence-corrected chi connectivity index (χ2v) is 23.2. The van der Waals surface area contributed by atoms with Crippen LogP contribution in [0.25, 0.3) is 0 Å². The third-order valence-corrected chi connectivity index (χ3v) is 15.6. The molecule has 1 aliphatic rings. The highest BCUT2D eigenvalue weighted by molar-refractivity contribution is 5.76. The van der Waals surface area contributed by atoms with Crippen LogP contribution in [0, 0.1) is 0 Å². The number of ether oxygens (including phenoxy) is 2. The Morgan fingerprint density at radius 3 is 1.12 bits per heavy atom. The molecule has 82 heavy (non-hydrogen) atoms. The average molecular weight is 1150 g/mol. The molecule has 1 amide bonds. The Kier molecular flexibility index (Phi) is 57.1. The summed E-state index contributed by atoms with van der Waals surface area (Å²) in [4.78, 5) is 13.1. The lowest BCUT2D eigenvalue weighted by Crippen LogP contribution is -2.60. The molecule has 0 aromatic heterocycles. The van der Waals surface area contributed by atoms with Gasteiger partial charge in [0.25, 0.3) is 0 Å². The zero-order valence-electron chi connectivity index (χ0n) is 52.7. The van der Waals surface area contributed by atoms with Crippen LogP contribution >= 0.6 is 0 Å². The molecule has 0 aliphatic carbocycles. The molecule has 0 bridgehead atoms. The van der Waals surface area contributed by atoms with Gasteiger partial charge < -0.3 is 40.3 Å². The molecular weight excluding hydrogens is 1020 g/mol. The fraction of sp³-hybridized carbons (Fsp3) is 0.740. The van der Waals surface area contributed by atoms with Crippen LogP contribution in [-0.2, 0) is 14.3 Å². The third kappa shape index (κ3) is 49.1. The van der Waals surface area contributed by atoms with E-state index in [9.17, 15) is 30.3 Å². The first-order valence-corrected chi connectivity index (χ1v) is 34.1. The SMILES string of the molecule is CC/C=C\C/C=C\C/C=C\C/C=C\C/C=C\C/C=C\C/C=C\C/C=C\CCCCC(=O)NC(COC1OC(CO)C(O)C(O)C1O)C(O)/C=C/CCCCCCCCCCCCCCCCCCCCCCCCCCCCCCCC. The van der Waals surface area contributed by atoms with Crippen molar-refractivity contribution in [3.05, 3.63) is 109 Å². The molecule has 1 fully saturated rings. The summed E-state index contributed by atoms with van der Waals surface area (Å²) in [6.07, 6.45) is 83.3. The largest absolute Gasteiger partial charge is 0.394 e. The number of rotatable bonds is 58. The smallest absolute Gasteiger partial charge is 0.220 e. The Hall–Kier alpha value is -3.15. The third-order valence-electron chi connectivity index (χ3n) is 15.6. The predicted octanol–water partition coefficient (Wildman–Crippen LogP) is 18.5. The minimum Gasteiger partial charge on any atom is -0.394 e. The minimum absolute atomic E-state index is 0.212. The standard InChI is InChI=1S/C73H127NO8/c1-3-5-7-9-11-13-15-17-19-21-23-25-27-29-31-32-33-34-35-37-38-40-42-44-46-48-50-52-54-56-58-60-62-67(76)66(65-81-73-72(80)71(79)70(78)68(64-75)82-73)74-69(77)63-61-59-57-55-53-51-49-47-45-43-41-39-36-30-28-26-24-22-20-18-16-14-12-10-8-6-4-2/h6,8,12,14,18,20,24,26,30,36,41,43,47,49,53,55,60,62,66-68,70-73,75-76,78-80H,3-5,7,9-11,13,15-17,19,21-23,25,27-29,31-35,37-40,42,44-46,48,50-52,54,56-59,61,63-65H2,1-2H3,(H,74,77)/b8-6-,14-12-,20-18-,26-24-,36-30-,43-41-,49-47-,55-53-,62-60+. The van der Waals surface area contributed by atoms with Crippen molar-refractivity contribution < 1.29 is 39.8 Å². The molecule has 7 atom stereocenters. The Balaban J connectivity index is 2.20. The van der Waals surface area contributed by atoms with Crippen LogP contribution in [0.2, 0.25) is 0 Å². The van der Waals surface area contributed by atoms with Crippen molar-refractivity contribution in [2.45, 2.75) is 333 Å². The number of unbranched alkanes of at least 4 members (excludes halogenated alkanes) is 32. The molecule has 1 rings (SSSR count). The van der Waals surface area contributed by atoms with E-state index in [-0.39, 0.29) is 18.9 Å². The molecule has 6 N–H and O–H groups in total. The maximum Gasteiger partial charge on any atom is 0.220 e. The molecule has 0 aromatic rings. The van der Waals surface area contributed by atoms with Crippen molar-refractivity contribution in [2.75, 3.05) is 13.2 Å². The normalized spacial score (nSPS) is 19.0. The first kappa shape index (κ1) is 76.9. The second-order valence-electron chi connectivity index (χ2n) is 23.2. The van der Waals surface area contributed by atoms with E-state index in [1.807, 2.05) is 6.08 Å². The van der Waals surface area contributed by atoms with Crippen LogP contribution in [0.4, 0.5) is 0 Å². The van der Waals surface area contributed by atoms with Gasteiger partial charge in [-0.25, -0.2) is 0 Å². The van der Waals surface area contributed by atoms with Gasteiger partial charge in [-0.2, -0.15) is 0 Å². The van der Waals surface area contributed by atoms with Crippen molar-refractivity contribution in [3.8, 4) is 0 Å². The highest BCUT2D eigenvalue weighted by Crippen LogP contribution is 2.23. The Bertz CT molecular complexity index is 1660. The summed E-state index contributed by atoms with van der Waals surface area (Å²) in [6.45, 7) is 3.66. The molecule has 0 aromatic carbocycles. The van der Waals surface area contributed by atoms with Gasteiger partial charge in [-0.3, -0.25) is 4.79 Å². The molecule has 9 nitrogen and oxygen atoms in total. The molecule has 1 aliphatic heterocycles. The predicted molar refractivity (Wildman–Crippen MR) is 350 cm³/mol. The Labute approximate surface area is 504 Å². The van der Waals surface area contributed by atoms with Crippen molar-refractivity contribution in [1.82, 2.24) is 5.32 Å². The minimum atomic E-state index is -1.58. The van der Waals surface area contributed by atoms with Gasteiger partial charge in [0.15, 0.2) is 6.29 Å². The maximum absolute atomic E-state index is 13.1. The first-order chi connectivity index (χ1) is 40.3. The molecular formula is C73H127NO8. The van der Waals surface area contributed by atoms with Crippen LogP contribution in [0.5, 0.6) is 0 Å². The van der Waals surface area contributed by atoms with Gasteiger partial charge in [-0.05, 0) is 83.5 Å². The fourth-order valence-corrected chi connectivity index (χ4v) is 10.3. The highest BCUT2D eigenvalue weighted by Gasteiger charge is 2.44. The summed E-state index contributed by atoms with van der Waals surface area (Å²) in [5.74, 6) is -0.220. The number of carbonyl (C=O) groups is 1. The highest BCUT2D eigenvalue weighted by atomic mass is 16.7. The van der Waals surface area contributed by atoms with Crippen molar-refractivity contribution in [2.24, 2.45) is 0 Å². The van der Waals surface area contributed by atoms with Crippen LogP contribution < -0.4 is 5.32 Å². The summed E-state index contributed by atoms with van der Waals surface area (Å²) in [6, 6.07) is -0.839. The maximum atomic E-state index is 13.1. The molecule has 0 saturated carbocycles. The van der Waals surface area contributed by atoms with Crippen LogP contribution in [0.3, 0.4) is 0 Å². The number of aliphatic hydroxyl groups excluding tert-OH is 5. The second kappa shape index (κ2) is 61.0. The van der Waals surface area contributed by atoms with E-state index < -0.39 is 49.5 Å². The topological polar surface area (TPSA) is 149 Å². The van der Waals surface area contributed by atoms with Gasteiger partial charge in [-0.15, -0.1) is 0 Å². The van der Waals surface area contributed by atoms with Gasteiger partial charge in [0.1, 0.15) is 24.4 Å². The number of aliphatic hydroxyl groups is 5. The van der Waals surface area contributed by atoms with Gasteiger partial charge in [0, 0.05) is 6.42 Å². The van der Waals surface area contributed by atoms with Gasteiger partial charge in [0.2, 0.25) is 5.91 Å². The number of carbonyl (C=O) groups excluding carboxylic acids is 1. The molecule has 1 saturated heterocycles. The van der Waals surface area contributed by atoms with Crippen LogP contribution in [-0.4, -0.2) is 87.5 Å². The van der Waals surface area contributed by atoms with Crippen molar-refractivity contribution in [1.29, 1.82) is 0 Å². The summed E-state index contributed by atoms with van der Waals surface area (Å²) >= 11 is 0. The molecule has 1 heterocycles. The Morgan fingerprint density at radius 1 is 0.427 bits per heavy atom. The molecule has 0 spiro atoms. The summed E-state index contributed by atoms with van der Waals surface area (Å²) in [5.41, 5.74) is 0. The van der Waals surface area contributed by atoms with E-state index in [0.29, 0.717) is 6.42 Å². The monoisotopic (exact) mass is 1150 g/mol. The number of amides is 1. The van der Waals surface area contributed by atoms with E-state index >= 15 is 0 Å². The van der Waals surface area contributed by atoms with E-state index in [2.05, 4.69) is 116 Å². The number of nitrogens with one attached hydrogen (secondary N) is 1.